The van der Waals surface area contributed by atoms with E-state index in [4.69, 9.17) is 0 Å². The number of nitrogens with zero attached hydrogens (tertiary/aromatic N) is 1. The van der Waals surface area contributed by atoms with E-state index in [1.807, 2.05) is 13.0 Å². The Hall–Kier alpha value is -1.88. The van der Waals surface area contributed by atoms with E-state index in [0.29, 0.717) is 18.7 Å². The average Bonchev–Trinajstić information content (AvgIpc) is 2.48. The highest BCUT2D eigenvalue weighted by atomic mass is 16.4. The number of benzene rings is 1. The summed E-state index contributed by atoms with van der Waals surface area (Å²) >= 11 is 0. The number of amides is 1. The summed E-state index contributed by atoms with van der Waals surface area (Å²) < 4.78 is 0. The first-order valence-electron chi connectivity index (χ1n) is 7.49. The van der Waals surface area contributed by atoms with Crippen molar-refractivity contribution in [3.63, 3.8) is 0 Å². The lowest BCUT2D eigenvalue weighted by Crippen LogP contribution is -2.37. The van der Waals surface area contributed by atoms with Crippen LogP contribution in [0.4, 0.5) is 5.69 Å². The minimum Gasteiger partial charge on any atom is -0.478 e. The first kappa shape index (κ1) is 15.5. The topological polar surface area (TPSA) is 69.6 Å². The van der Waals surface area contributed by atoms with Crippen molar-refractivity contribution < 1.29 is 14.7 Å². The van der Waals surface area contributed by atoms with Crippen molar-refractivity contribution in [3.05, 3.63) is 29.3 Å². The molecule has 5 heteroatoms. The fourth-order valence-corrected chi connectivity index (χ4v) is 2.72. The lowest BCUT2D eigenvalue weighted by molar-refractivity contribution is -0.117. The van der Waals surface area contributed by atoms with Crippen molar-refractivity contribution in [2.45, 2.75) is 32.6 Å². The molecule has 5 nitrogen and oxygen atoms in total. The first-order valence-corrected chi connectivity index (χ1v) is 7.49. The van der Waals surface area contributed by atoms with Gasteiger partial charge in [-0.2, -0.15) is 0 Å². The predicted octanol–water partition coefficient (Wildman–Crippen LogP) is 2.37. The zero-order chi connectivity index (χ0) is 15.2. The number of nitrogens with one attached hydrogen (secondary N) is 1. The van der Waals surface area contributed by atoms with Gasteiger partial charge in [-0.3, -0.25) is 9.69 Å². The molecule has 114 valence electrons. The summed E-state index contributed by atoms with van der Waals surface area (Å²) in [4.78, 5) is 25.6. The van der Waals surface area contributed by atoms with Gasteiger partial charge < -0.3 is 10.4 Å². The van der Waals surface area contributed by atoms with Gasteiger partial charge >= 0.3 is 5.97 Å². The summed E-state index contributed by atoms with van der Waals surface area (Å²) in [6.45, 7) is 4.15. The molecule has 1 aliphatic heterocycles. The maximum atomic E-state index is 12.2. The molecule has 0 atom stereocenters. The molecule has 1 aromatic rings. The predicted molar refractivity (Wildman–Crippen MR) is 81.7 cm³/mol. The number of anilines is 1. The molecule has 0 radical (unpaired) electrons. The van der Waals surface area contributed by atoms with Crippen molar-refractivity contribution in [3.8, 4) is 0 Å². The van der Waals surface area contributed by atoms with E-state index in [1.54, 1.807) is 6.07 Å². The van der Waals surface area contributed by atoms with Gasteiger partial charge in [0, 0.05) is 0 Å². The van der Waals surface area contributed by atoms with E-state index < -0.39 is 5.97 Å². The number of hydrogen-bond donors (Lipinski definition) is 2. The number of carboxylic acid groups (broad SMARTS) is 1. The highest BCUT2D eigenvalue weighted by Crippen LogP contribution is 2.22. The van der Waals surface area contributed by atoms with Gasteiger partial charge in [-0.15, -0.1) is 0 Å². The Morgan fingerprint density at radius 1 is 1.24 bits per heavy atom. The van der Waals surface area contributed by atoms with Crippen LogP contribution in [-0.2, 0) is 11.2 Å². The Morgan fingerprint density at radius 3 is 2.57 bits per heavy atom. The Kier molecular flexibility index (Phi) is 5.33. The molecule has 1 heterocycles. The Labute approximate surface area is 125 Å². The van der Waals surface area contributed by atoms with E-state index in [0.717, 1.165) is 31.5 Å². The molecule has 1 aliphatic rings. The number of carbonyl (C=O) groups is 2. The van der Waals surface area contributed by atoms with Crippen LogP contribution in [0.1, 0.15) is 42.1 Å². The second-order valence-electron chi connectivity index (χ2n) is 5.38. The molecule has 1 aromatic carbocycles. The van der Waals surface area contributed by atoms with E-state index in [2.05, 4.69) is 10.2 Å². The normalized spacial score (nSPS) is 15.7. The second kappa shape index (κ2) is 7.22. The lowest BCUT2D eigenvalue weighted by atomic mass is 10.0. The average molecular weight is 290 g/mol. The molecule has 21 heavy (non-hydrogen) atoms. The second-order valence-corrected chi connectivity index (χ2v) is 5.38. The lowest BCUT2D eigenvalue weighted by Gasteiger charge is -2.26. The van der Waals surface area contributed by atoms with Gasteiger partial charge in [0.2, 0.25) is 5.91 Å². The maximum absolute atomic E-state index is 12.2. The van der Waals surface area contributed by atoms with Crippen molar-refractivity contribution in [1.82, 2.24) is 4.90 Å². The third kappa shape index (κ3) is 4.04. The van der Waals surface area contributed by atoms with Gasteiger partial charge in [0.1, 0.15) is 0 Å². The molecule has 1 amide bonds. The van der Waals surface area contributed by atoms with Crippen LogP contribution in [0, 0.1) is 0 Å². The number of para-hydroxylation sites is 1. The van der Waals surface area contributed by atoms with Crippen molar-refractivity contribution in [2.24, 2.45) is 0 Å². The number of carboxylic acids is 1. The number of piperidine rings is 1. The SMILES string of the molecule is CCc1cccc(C(=O)O)c1NC(=O)CN1CCCCC1. The van der Waals surface area contributed by atoms with Crippen LogP contribution in [0.15, 0.2) is 18.2 Å². The van der Waals surface area contributed by atoms with Gasteiger partial charge in [-0.05, 0) is 44.0 Å². The standard InChI is InChI=1S/C16H22N2O3/c1-2-12-7-6-8-13(16(20)21)15(12)17-14(19)11-18-9-4-3-5-10-18/h6-8H,2-5,9-11H2,1H3,(H,17,19)(H,20,21). The van der Waals surface area contributed by atoms with Crippen molar-refractivity contribution in [2.75, 3.05) is 25.0 Å². The van der Waals surface area contributed by atoms with E-state index >= 15 is 0 Å². The molecule has 2 rings (SSSR count). The van der Waals surface area contributed by atoms with Gasteiger partial charge in [0.25, 0.3) is 0 Å². The van der Waals surface area contributed by atoms with Gasteiger partial charge in [-0.25, -0.2) is 4.79 Å². The fraction of sp³-hybridized carbons (Fsp3) is 0.500. The molecular weight excluding hydrogens is 268 g/mol. The largest absolute Gasteiger partial charge is 0.478 e. The summed E-state index contributed by atoms with van der Waals surface area (Å²) in [6.07, 6.45) is 4.15. The zero-order valence-corrected chi connectivity index (χ0v) is 12.4. The van der Waals surface area contributed by atoms with Crippen LogP contribution >= 0.6 is 0 Å². The molecular formula is C16H22N2O3. The summed E-state index contributed by atoms with van der Waals surface area (Å²) in [7, 11) is 0. The van der Waals surface area contributed by atoms with Gasteiger partial charge in [0.15, 0.2) is 0 Å². The summed E-state index contributed by atoms with van der Waals surface area (Å²) in [6, 6.07) is 5.09. The molecule has 1 fully saturated rings. The van der Waals surface area contributed by atoms with E-state index in [9.17, 15) is 14.7 Å². The van der Waals surface area contributed by atoms with Crippen molar-refractivity contribution >= 4 is 17.6 Å². The third-order valence-corrected chi connectivity index (χ3v) is 3.84. The molecule has 1 saturated heterocycles. The number of aromatic carboxylic acids is 1. The van der Waals surface area contributed by atoms with E-state index in [-0.39, 0.29) is 11.5 Å². The monoisotopic (exact) mass is 290 g/mol. The molecule has 0 aliphatic carbocycles. The number of hydrogen-bond acceptors (Lipinski definition) is 3. The van der Waals surface area contributed by atoms with Crippen LogP contribution in [0.2, 0.25) is 0 Å². The molecule has 0 aromatic heterocycles. The van der Waals surface area contributed by atoms with Crippen LogP contribution in [-0.4, -0.2) is 41.5 Å². The quantitative estimate of drug-likeness (QED) is 0.873. The Morgan fingerprint density at radius 2 is 1.95 bits per heavy atom. The Balaban J connectivity index is 2.10. The summed E-state index contributed by atoms with van der Waals surface area (Å²) in [5.41, 5.74) is 1.44. The first-order chi connectivity index (χ1) is 10.1. The summed E-state index contributed by atoms with van der Waals surface area (Å²) in [5.74, 6) is -1.15. The molecule has 0 unspecified atom stereocenters. The van der Waals surface area contributed by atoms with Crippen LogP contribution in [0.5, 0.6) is 0 Å². The van der Waals surface area contributed by atoms with Crippen molar-refractivity contribution in [1.29, 1.82) is 0 Å². The highest BCUT2D eigenvalue weighted by Gasteiger charge is 2.18. The summed E-state index contributed by atoms with van der Waals surface area (Å²) in [5, 5.41) is 12.1. The van der Waals surface area contributed by atoms with Crippen LogP contribution in [0.25, 0.3) is 0 Å². The van der Waals surface area contributed by atoms with Gasteiger partial charge in [-0.1, -0.05) is 25.5 Å². The molecule has 2 N–H and O–H groups in total. The molecule has 0 saturated carbocycles. The number of rotatable bonds is 5. The smallest absolute Gasteiger partial charge is 0.337 e. The number of carbonyl (C=O) groups excluding carboxylic acids is 1. The van der Waals surface area contributed by atoms with E-state index in [1.165, 1.54) is 12.5 Å². The minimum absolute atomic E-state index is 0.139. The third-order valence-electron chi connectivity index (χ3n) is 3.84. The highest BCUT2D eigenvalue weighted by molar-refractivity contribution is 6.02. The molecule has 0 spiro atoms. The maximum Gasteiger partial charge on any atom is 0.337 e. The van der Waals surface area contributed by atoms with Crippen LogP contribution < -0.4 is 5.32 Å². The fourth-order valence-electron chi connectivity index (χ4n) is 2.72. The van der Waals surface area contributed by atoms with Crippen LogP contribution in [0.3, 0.4) is 0 Å². The molecule has 0 bridgehead atoms. The minimum atomic E-state index is -1.02. The number of aryl methyl sites for hydroxylation is 1. The zero-order valence-electron chi connectivity index (χ0n) is 12.4. The number of likely N-dealkylation sites (tertiary alicyclic amines) is 1. The Bertz CT molecular complexity index is 522. The van der Waals surface area contributed by atoms with Gasteiger partial charge in [0.05, 0.1) is 17.8 Å².